The van der Waals surface area contributed by atoms with E-state index in [4.69, 9.17) is 4.42 Å². The van der Waals surface area contributed by atoms with Gasteiger partial charge in [-0.05, 0) is 37.3 Å². The smallest absolute Gasteiger partial charge is 0.216 e. The predicted octanol–water partition coefficient (Wildman–Crippen LogP) is 3.22. The van der Waals surface area contributed by atoms with Crippen LogP contribution in [0.5, 0.6) is 0 Å². The maximum Gasteiger partial charge on any atom is 0.216 e. The SMILES string of the molecule is CCNC(=NCc1cc(F)ccc1F)NCc1nc(-c2ccco2)n[nH]1.I. The van der Waals surface area contributed by atoms with Crippen molar-refractivity contribution in [2.24, 2.45) is 4.99 Å². The molecule has 2 heterocycles. The molecule has 144 valence electrons. The Balaban J connectivity index is 0.00000261. The van der Waals surface area contributed by atoms with E-state index >= 15 is 0 Å². The van der Waals surface area contributed by atoms with Crippen LogP contribution in [0.25, 0.3) is 11.6 Å². The zero-order valence-corrected chi connectivity index (χ0v) is 16.8. The first-order valence-corrected chi connectivity index (χ1v) is 8.07. The topological polar surface area (TPSA) is 91.1 Å². The largest absolute Gasteiger partial charge is 0.461 e. The molecular formula is C17H19F2IN6O. The molecule has 3 aromatic rings. The van der Waals surface area contributed by atoms with Crippen LogP contribution in [0.15, 0.2) is 46.0 Å². The predicted molar refractivity (Wildman–Crippen MR) is 108 cm³/mol. The van der Waals surface area contributed by atoms with E-state index in [-0.39, 0.29) is 36.1 Å². The summed E-state index contributed by atoms with van der Waals surface area (Å²) >= 11 is 0. The van der Waals surface area contributed by atoms with E-state index in [0.29, 0.717) is 36.5 Å². The summed E-state index contributed by atoms with van der Waals surface area (Å²) < 4.78 is 32.2. The number of rotatable bonds is 6. The highest BCUT2D eigenvalue weighted by molar-refractivity contribution is 14.0. The molecule has 3 rings (SSSR count). The Kier molecular flexibility index (Phi) is 7.70. The van der Waals surface area contributed by atoms with Crippen LogP contribution in [0.4, 0.5) is 8.78 Å². The number of aliphatic imine (C=N–C) groups is 1. The molecule has 0 amide bonds. The lowest BCUT2D eigenvalue weighted by atomic mass is 10.2. The summed E-state index contributed by atoms with van der Waals surface area (Å²) in [5.41, 5.74) is 0.182. The highest BCUT2D eigenvalue weighted by Gasteiger charge is 2.09. The van der Waals surface area contributed by atoms with E-state index in [0.717, 1.165) is 18.2 Å². The van der Waals surface area contributed by atoms with Gasteiger partial charge in [0.05, 0.1) is 19.4 Å². The first-order valence-electron chi connectivity index (χ1n) is 8.07. The van der Waals surface area contributed by atoms with Gasteiger partial charge in [0.1, 0.15) is 17.5 Å². The highest BCUT2D eigenvalue weighted by atomic mass is 127. The van der Waals surface area contributed by atoms with Gasteiger partial charge in [-0.25, -0.2) is 18.8 Å². The lowest BCUT2D eigenvalue weighted by Gasteiger charge is -2.10. The van der Waals surface area contributed by atoms with Crippen molar-refractivity contribution in [3.63, 3.8) is 0 Å². The molecule has 0 saturated carbocycles. The van der Waals surface area contributed by atoms with Crippen LogP contribution in [-0.4, -0.2) is 27.7 Å². The first kappa shape index (κ1) is 20.8. The Morgan fingerprint density at radius 1 is 1.26 bits per heavy atom. The van der Waals surface area contributed by atoms with Crippen molar-refractivity contribution >= 4 is 29.9 Å². The van der Waals surface area contributed by atoms with Crippen molar-refractivity contribution in [1.82, 2.24) is 25.8 Å². The zero-order valence-electron chi connectivity index (χ0n) is 14.5. The Morgan fingerprint density at radius 2 is 2.11 bits per heavy atom. The van der Waals surface area contributed by atoms with Crippen LogP contribution in [0.1, 0.15) is 18.3 Å². The molecule has 0 bridgehead atoms. The van der Waals surface area contributed by atoms with Gasteiger partial charge in [-0.2, -0.15) is 0 Å². The standard InChI is InChI=1S/C17H18F2N6O.HI/c1-2-20-17(21-9-11-8-12(18)5-6-13(11)19)22-10-15-23-16(25-24-15)14-4-3-7-26-14;/h3-8H,2,9-10H2,1H3,(H2,20,21,22)(H,23,24,25);1H. The number of aromatic amines is 1. The van der Waals surface area contributed by atoms with E-state index < -0.39 is 11.6 Å². The second kappa shape index (κ2) is 10.00. The number of hydrogen-bond acceptors (Lipinski definition) is 4. The minimum Gasteiger partial charge on any atom is -0.461 e. The molecule has 0 atom stereocenters. The third kappa shape index (κ3) is 5.74. The van der Waals surface area contributed by atoms with Crippen LogP contribution in [-0.2, 0) is 13.1 Å². The summed E-state index contributed by atoms with van der Waals surface area (Å²) in [5, 5.41) is 13.0. The summed E-state index contributed by atoms with van der Waals surface area (Å²) in [5.74, 6) is 1.06. The van der Waals surface area contributed by atoms with Crippen LogP contribution >= 0.6 is 24.0 Å². The molecule has 0 aliphatic rings. The van der Waals surface area contributed by atoms with Gasteiger partial charge in [-0.15, -0.1) is 29.1 Å². The summed E-state index contributed by atoms with van der Waals surface area (Å²) in [7, 11) is 0. The number of H-pyrrole nitrogens is 1. The van der Waals surface area contributed by atoms with Crippen LogP contribution < -0.4 is 10.6 Å². The molecule has 0 radical (unpaired) electrons. The van der Waals surface area contributed by atoms with Gasteiger partial charge in [0.2, 0.25) is 5.82 Å². The van der Waals surface area contributed by atoms with Crippen LogP contribution in [0, 0.1) is 11.6 Å². The van der Waals surface area contributed by atoms with Gasteiger partial charge in [0.25, 0.3) is 0 Å². The van der Waals surface area contributed by atoms with Crippen molar-refractivity contribution in [3.05, 3.63) is 59.6 Å². The summed E-state index contributed by atoms with van der Waals surface area (Å²) in [6.07, 6.45) is 1.55. The average molecular weight is 488 g/mol. The number of benzene rings is 1. The Morgan fingerprint density at radius 3 is 2.85 bits per heavy atom. The molecule has 0 unspecified atom stereocenters. The molecule has 0 saturated heterocycles. The second-order valence-electron chi connectivity index (χ2n) is 5.37. The minimum absolute atomic E-state index is 0. The van der Waals surface area contributed by atoms with E-state index in [2.05, 4.69) is 30.8 Å². The minimum atomic E-state index is -0.498. The Bertz CT molecular complexity index is 881. The number of furan rings is 1. The van der Waals surface area contributed by atoms with E-state index in [1.54, 1.807) is 18.4 Å². The summed E-state index contributed by atoms with van der Waals surface area (Å²) in [6, 6.07) is 6.82. The average Bonchev–Trinajstić information content (AvgIpc) is 3.31. The molecule has 2 aromatic heterocycles. The zero-order chi connectivity index (χ0) is 18.4. The molecule has 0 aliphatic carbocycles. The molecule has 3 N–H and O–H groups in total. The van der Waals surface area contributed by atoms with Crippen molar-refractivity contribution in [3.8, 4) is 11.6 Å². The highest BCUT2D eigenvalue weighted by Crippen LogP contribution is 2.14. The van der Waals surface area contributed by atoms with Crippen LogP contribution in [0.3, 0.4) is 0 Å². The number of hydrogen-bond donors (Lipinski definition) is 3. The summed E-state index contributed by atoms with van der Waals surface area (Å²) in [6.45, 7) is 2.85. The molecule has 0 fully saturated rings. The van der Waals surface area contributed by atoms with E-state index in [1.165, 1.54) is 0 Å². The van der Waals surface area contributed by atoms with E-state index in [9.17, 15) is 8.78 Å². The monoisotopic (exact) mass is 488 g/mol. The molecule has 0 spiro atoms. The number of aromatic nitrogens is 3. The Labute approximate surface area is 171 Å². The molecule has 7 nitrogen and oxygen atoms in total. The molecule has 0 aliphatic heterocycles. The third-order valence-electron chi connectivity index (χ3n) is 3.46. The van der Waals surface area contributed by atoms with E-state index in [1.807, 2.05) is 6.92 Å². The number of guanidine groups is 1. The number of nitrogens with zero attached hydrogens (tertiary/aromatic N) is 3. The fourth-order valence-corrected chi connectivity index (χ4v) is 2.23. The Hall–Kier alpha value is -2.50. The van der Waals surface area contributed by atoms with Gasteiger partial charge in [0, 0.05) is 12.1 Å². The van der Waals surface area contributed by atoms with Gasteiger partial charge >= 0.3 is 0 Å². The normalized spacial score (nSPS) is 11.1. The van der Waals surface area contributed by atoms with Gasteiger partial charge in [0.15, 0.2) is 11.7 Å². The lowest BCUT2D eigenvalue weighted by molar-refractivity contribution is 0.577. The molecule has 1 aromatic carbocycles. The maximum atomic E-state index is 13.7. The van der Waals surface area contributed by atoms with Crippen molar-refractivity contribution < 1.29 is 13.2 Å². The second-order valence-corrected chi connectivity index (χ2v) is 5.37. The first-order chi connectivity index (χ1) is 12.7. The quantitative estimate of drug-likeness (QED) is 0.282. The summed E-state index contributed by atoms with van der Waals surface area (Å²) in [4.78, 5) is 8.58. The van der Waals surface area contributed by atoms with Crippen molar-refractivity contribution in [2.45, 2.75) is 20.0 Å². The lowest BCUT2D eigenvalue weighted by Crippen LogP contribution is -2.37. The fourth-order valence-electron chi connectivity index (χ4n) is 2.23. The maximum absolute atomic E-state index is 13.7. The molecule has 27 heavy (non-hydrogen) atoms. The van der Waals surface area contributed by atoms with Gasteiger partial charge in [-0.1, -0.05) is 0 Å². The molecule has 10 heteroatoms. The van der Waals surface area contributed by atoms with Gasteiger partial charge in [-0.3, -0.25) is 5.10 Å². The number of nitrogens with one attached hydrogen (secondary N) is 3. The van der Waals surface area contributed by atoms with Crippen molar-refractivity contribution in [1.29, 1.82) is 0 Å². The van der Waals surface area contributed by atoms with Crippen molar-refractivity contribution in [2.75, 3.05) is 6.54 Å². The number of halogens is 3. The molecular weight excluding hydrogens is 469 g/mol. The van der Waals surface area contributed by atoms with Gasteiger partial charge < -0.3 is 15.1 Å². The third-order valence-corrected chi connectivity index (χ3v) is 3.46. The van der Waals surface area contributed by atoms with Crippen LogP contribution in [0.2, 0.25) is 0 Å². The fraction of sp³-hybridized carbons (Fsp3) is 0.235.